The highest BCUT2D eigenvalue weighted by Gasteiger charge is 2.10. The van der Waals surface area contributed by atoms with E-state index < -0.39 is 5.97 Å². The summed E-state index contributed by atoms with van der Waals surface area (Å²) < 4.78 is 5.27. The molecule has 0 spiro atoms. The van der Waals surface area contributed by atoms with Gasteiger partial charge in [0.25, 0.3) is 0 Å². The number of ether oxygens (including phenoxy) is 1. The average molecular weight is 252 g/mol. The Kier molecular flexibility index (Phi) is 5.58. The molecule has 18 heavy (non-hydrogen) atoms. The Morgan fingerprint density at radius 3 is 2.72 bits per heavy atom. The molecular weight excluding hydrogens is 232 g/mol. The van der Waals surface area contributed by atoms with Crippen LogP contribution in [0.2, 0.25) is 0 Å². The van der Waals surface area contributed by atoms with Gasteiger partial charge in [-0.05, 0) is 25.5 Å². The van der Waals surface area contributed by atoms with Crippen LogP contribution in [0.1, 0.15) is 29.9 Å². The molecule has 0 amide bonds. The van der Waals surface area contributed by atoms with E-state index in [4.69, 9.17) is 9.84 Å². The zero-order valence-electron chi connectivity index (χ0n) is 11.1. The molecule has 0 aliphatic heterocycles. The van der Waals surface area contributed by atoms with Gasteiger partial charge in [-0.25, -0.2) is 9.78 Å². The molecule has 100 valence electrons. The minimum atomic E-state index is -0.924. The van der Waals surface area contributed by atoms with Crippen LogP contribution in [-0.2, 0) is 11.2 Å². The van der Waals surface area contributed by atoms with Crippen molar-refractivity contribution in [2.24, 2.45) is 0 Å². The number of aryl methyl sites for hydroxylation is 1. The summed E-state index contributed by atoms with van der Waals surface area (Å²) in [6.07, 6.45) is 0.716. The number of hydrogen-bond donors (Lipinski definition) is 1. The summed E-state index contributed by atoms with van der Waals surface area (Å²) in [7, 11) is 1.88. The number of pyridine rings is 1. The van der Waals surface area contributed by atoms with Gasteiger partial charge in [0.15, 0.2) is 0 Å². The predicted molar refractivity (Wildman–Crippen MR) is 70.3 cm³/mol. The van der Waals surface area contributed by atoms with E-state index in [0.717, 1.165) is 5.69 Å². The standard InChI is InChI=1S/C13H20N2O3/c1-4-11-8-10(13(16)17)9-12(14-11)15(3)6-7-18-5-2/h8-9H,4-7H2,1-3H3,(H,16,17). The number of nitrogens with zero attached hydrogens (tertiary/aromatic N) is 2. The highest BCUT2D eigenvalue weighted by Crippen LogP contribution is 2.14. The molecule has 1 N–H and O–H groups in total. The quantitative estimate of drug-likeness (QED) is 0.750. The van der Waals surface area contributed by atoms with E-state index >= 15 is 0 Å². The van der Waals surface area contributed by atoms with Gasteiger partial charge in [0.05, 0.1) is 12.2 Å². The summed E-state index contributed by atoms with van der Waals surface area (Å²) in [5.41, 5.74) is 1.06. The Hall–Kier alpha value is -1.62. The molecule has 1 aromatic heterocycles. The maximum absolute atomic E-state index is 11.0. The van der Waals surface area contributed by atoms with E-state index in [-0.39, 0.29) is 5.56 Å². The fourth-order valence-electron chi connectivity index (χ4n) is 1.53. The summed E-state index contributed by atoms with van der Waals surface area (Å²) >= 11 is 0. The van der Waals surface area contributed by atoms with Crippen LogP contribution in [0.15, 0.2) is 12.1 Å². The summed E-state index contributed by atoms with van der Waals surface area (Å²) in [5.74, 6) is -0.252. The molecule has 0 unspecified atom stereocenters. The molecule has 1 aromatic rings. The van der Waals surface area contributed by atoms with Crippen molar-refractivity contribution in [3.8, 4) is 0 Å². The first-order chi connectivity index (χ1) is 8.58. The number of carboxylic acid groups (broad SMARTS) is 1. The Bertz CT molecular complexity index is 407. The number of carboxylic acids is 1. The Morgan fingerprint density at radius 1 is 1.44 bits per heavy atom. The first kappa shape index (κ1) is 14.4. The topological polar surface area (TPSA) is 62.7 Å². The largest absolute Gasteiger partial charge is 0.478 e. The normalized spacial score (nSPS) is 10.4. The predicted octanol–water partition coefficient (Wildman–Crippen LogP) is 1.81. The van der Waals surface area contributed by atoms with Crippen molar-refractivity contribution in [2.45, 2.75) is 20.3 Å². The van der Waals surface area contributed by atoms with E-state index in [2.05, 4.69) is 4.98 Å². The summed E-state index contributed by atoms with van der Waals surface area (Å²) in [6.45, 7) is 5.87. The first-order valence-electron chi connectivity index (χ1n) is 6.11. The van der Waals surface area contributed by atoms with Gasteiger partial charge in [0, 0.05) is 25.9 Å². The van der Waals surface area contributed by atoms with Crippen molar-refractivity contribution in [3.05, 3.63) is 23.4 Å². The van der Waals surface area contributed by atoms with Crippen LogP contribution in [0, 0.1) is 0 Å². The molecule has 0 aliphatic carbocycles. The van der Waals surface area contributed by atoms with Crippen LogP contribution in [-0.4, -0.2) is 42.9 Å². The molecule has 1 heterocycles. The number of likely N-dealkylation sites (N-methyl/N-ethyl adjacent to an activating group) is 1. The third-order valence-electron chi connectivity index (χ3n) is 2.64. The van der Waals surface area contributed by atoms with Gasteiger partial charge >= 0.3 is 5.97 Å². The van der Waals surface area contributed by atoms with Gasteiger partial charge in [-0.3, -0.25) is 0 Å². The lowest BCUT2D eigenvalue weighted by Crippen LogP contribution is -2.24. The lowest BCUT2D eigenvalue weighted by molar-refractivity contribution is 0.0696. The summed E-state index contributed by atoms with van der Waals surface area (Å²) in [5, 5.41) is 9.05. The average Bonchev–Trinajstić information content (AvgIpc) is 2.38. The Labute approximate surface area is 107 Å². The Balaban J connectivity index is 2.86. The number of carbonyl (C=O) groups is 1. The van der Waals surface area contributed by atoms with E-state index in [0.29, 0.717) is 32.0 Å². The van der Waals surface area contributed by atoms with Crippen molar-refractivity contribution in [2.75, 3.05) is 31.7 Å². The third-order valence-corrected chi connectivity index (χ3v) is 2.64. The molecular formula is C13H20N2O3. The number of aromatic carboxylic acids is 1. The molecule has 0 aliphatic rings. The summed E-state index contributed by atoms with van der Waals surface area (Å²) in [6, 6.07) is 3.20. The Morgan fingerprint density at radius 2 is 2.17 bits per heavy atom. The number of rotatable bonds is 7. The monoisotopic (exact) mass is 252 g/mol. The molecule has 0 fully saturated rings. The molecule has 0 aromatic carbocycles. The highest BCUT2D eigenvalue weighted by molar-refractivity contribution is 5.88. The first-order valence-corrected chi connectivity index (χ1v) is 6.11. The van der Waals surface area contributed by atoms with Gasteiger partial charge in [-0.1, -0.05) is 6.92 Å². The highest BCUT2D eigenvalue weighted by atomic mass is 16.5. The maximum atomic E-state index is 11.0. The lowest BCUT2D eigenvalue weighted by Gasteiger charge is -2.19. The second-order valence-corrected chi connectivity index (χ2v) is 3.98. The van der Waals surface area contributed by atoms with Crippen LogP contribution in [0.5, 0.6) is 0 Å². The molecule has 0 radical (unpaired) electrons. The minimum Gasteiger partial charge on any atom is -0.478 e. The lowest BCUT2D eigenvalue weighted by atomic mass is 10.2. The number of hydrogen-bond acceptors (Lipinski definition) is 4. The number of anilines is 1. The molecule has 0 atom stereocenters. The van der Waals surface area contributed by atoms with Gasteiger partial charge in [-0.15, -0.1) is 0 Å². The van der Waals surface area contributed by atoms with Crippen LogP contribution >= 0.6 is 0 Å². The molecule has 5 nitrogen and oxygen atoms in total. The smallest absolute Gasteiger partial charge is 0.335 e. The van der Waals surface area contributed by atoms with Crippen LogP contribution in [0.3, 0.4) is 0 Å². The second-order valence-electron chi connectivity index (χ2n) is 3.98. The molecule has 1 rings (SSSR count). The molecule has 0 bridgehead atoms. The van der Waals surface area contributed by atoms with Crippen LogP contribution in [0.25, 0.3) is 0 Å². The molecule has 0 saturated heterocycles. The fraction of sp³-hybridized carbons (Fsp3) is 0.538. The van der Waals surface area contributed by atoms with Gasteiger partial charge in [0.2, 0.25) is 0 Å². The second kappa shape index (κ2) is 6.96. The van der Waals surface area contributed by atoms with E-state index in [9.17, 15) is 4.79 Å². The van der Waals surface area contributed by atoms with E-state index in [1.54, 1.807) is 12.1 Å². The van der Waals surface area contributed by atoms with Crippen molar-refractivity contribution < 1.29 is 14.6 Å². The zero-order chi connectivity index (χ0) is 13.5. The van der Waals surface area contributed by atoms with Crippen molar-refractivity contribution in [1.82, 2.24) is 4.98 Å². The van der Waals surface area contributed by atoms with Crippen LogP contribution in [0.4, 0.5) is 5.82 Å². The van der Waals surface area contributed by atoms with Gasteiger partial charge < -0.3 is 14.7 Å². The molecule has 0 saturated carbocycles. The van der Waals surface area contributed by atoms with Gasteiger partial charge in [0.1, 0.15) is 5.82 Å². The van der Waals surface area contributed by atoms with Crippen molar-refractivity contribution in [1.29, 1.82) is 0 Å². The van der Waals surface area contributed by atoms with E-state index in [1.807, 2.05) is 25.8 Å². The number of aromatic nitrogens is 1. The zero-order valence-corrected chi connectivity index (χ0v) is 11.1. The fourth-order valence-corrected chi connectivity index (χ4v) is 1.53. The van der Waals surface area contributed by atoms with Crippen molar-refractivity contribution >= 4 is 11.8 Å². The molecule has 5 heteroatoms. The summed E-state index contributed by atoms with van der Waals surface area (Å²) in [4.78, 5) is 17.4. The van der Waals surface area contributed by atoms with Crippen LogP contribution < -0.4 is 4.90 Å². The van der Waals surface area contributed by atoms with E-state index in [1.165, 1.54) is 0 Å². The third kappa shape index (κ3) is 4.00. The minimum absolute atomic E-state index is 0.278. The maximum Gasteiger partial charge on any atom is 0.335 e. The van der Waals surface area contributed by atoms with Gasteiger partial charge in [-0.2, -0.15) is 0 Å². The SMILES string of the molecule is CCOCCN(C)c1cc(C(=O)O)cc(CC)n1. The van der Waals surface area contributed by atoms with Crippen molar-refractivity contribution in [3.63, 3.8) is 0 Å².